The molecule has 15 heavy (non-hydrogen) atoms. The first-order valence-corrected chi connectivity index (χ1v) is 4.86. The van der Waals surface area contributed by atoms with E-state index in [0.29, 0.717) is 18.0 Å². The molecule has 0 fully saturated rings. The molecule has 82 valence electrons. The third-order valence-corrected chi connectivity index (χ3v) is 1.91. The predicted molar refractivity (Wildman–Crippen MR) is 59.8 cm³/mol. The first-order chi connectivity index (χ1) is 7.13. The summed E-state index contributed by atoms with van der Waals surface area (Å²) in [5.41, 5.74) is 0.531. The number of hydrogen-bond acceptors (Lipinski definition) is 2. The van der Waals surface area contributed by atoms with Crippen molar-refractivity contribution < 1.29 is 13.5 Å². The second-order valence-corrected chi connectivity index (χ2v) is 3.19. The van der Waals surface area contributed by atoms with Gasteiger partial charge in [-0.05, 0) is 31.2 Å². The Balaban J connectivity index is 2.60. The molecule has 5 heteroatoms. The van der Waals surface area contributed by atoms with E-state index in [0.717, 1.165) is 0 Å². The molecule has 0 amide bonds. The second-order valence-electron chi connectivity index (χ2n) is 2.75. The van der Waals surface area contributed by atoms with Gasteiger partial charge < -0.3 is 10.1 Å². The molecule has 0 aliphatic heterocycles. The van der Waals surface area contributed by atoms with Crippen LogP contribution in [0, 0.1) is 0 Å². The number of nitrogens with one attached hydrogen (secondary N) is 1. The molecule has 1 aromatic rings. The Bertz CT molecular complexity index is 327. The summed E-state index contributed by atoms with van der Waals surface area (Å²) in [6.45, 7) is 2.44. The van der Waals surface area contributed by atoms with E-state index in [9.17, 15) is 8.78 Å². The molecule has 0 saturated heterocycles. The van der Waals surface area contributed by atoms with Crippen LogP contribution in [-0.2, 0) is 0 Å². The molecule has 0 heterocycles. The standard InChI is InChI=1S/C10H11F2NOS/c1-2-14-8-5-3-7(4-6-8)13-10(15)9(11)12/h3-6,9H,2H2,1H3,(H,13,15). The van der Waals surface area contributed by atoms with Gasteiger partial charge in [0.1, 0.15) is 10.7 Å². The highest BCUT2D eigenvalue weighted by atomic mass is 32.1. The van der Waals surface area contributed by atoms with Crippen LogP contribution in [-0.4, -0.2) is 18.0 Å². The summed E-state index contributed by atoms with van der Waals surface area (Å²) in [7, 11) is 0. The molecular formula is C10H11F2NOS. The van der Waals surface area contributed by atoms with Crippen LogP contribution in [0.15, 0.2) is 24.3 Å². The Morgan fingerprint density at radius 3 is 2.47 bits per heavy atom. The molecule has 0 bridgehead atoms. The van der Waals surface area contributed by atoms with Gasteiger partial charge in [0, 0.05) is 5.69 Å². The largest absolute Gasteiger partial charge is 0.494 e. The number of thiocarbonyl (C=S) groups is 1. The van der Waals surface area contributed by atoms with E-state index in [1.54, 1.807) is 24.3 Å². The van der Waals surface area contributed by atoms with Crippen LogP contribution < -0.4 is 10.1 Å². The highest BCUT2D eigenvalue weighted by molar-refractivity contribution is 7.80. The van der Waals surface area contributed by atoms with Crippen molar-refractivity contribution in [3.05, 3.63) is 24.3 Å². The monoisotopic (exact) mass is 231 g/mol. The van der Waals surface area contributed by atoms with Crippen molar-refractivity contribution in [3.63, 3.8) is 0 Å². The van der Waals surface area contributed by atoms with Gasteiger partial charge in [0.05, 0.1) is 6.61 Å². The topological polar surface area (TPSA) is 21.3 Å². The average molecular weight is 231 g/mol. The van der Waals surface area contributed by atoms with Crippen molar-refractivity contribution in [2.24, 2.45) is 0 Å². The number of benzene rings is 1. The summed E-state index contributed by atoms with van der Waals surface area (Å²) < 4.78 is 29.4. The van der Waals surface area contributed by atoms with Crippen molar-refractivity contribution in [2.75, 3.05) is 11.9 Å². The summed E-state index contributed by atoms with van der Waals surface area (Å²) in [6, 6.07) is 6.67. The van der Waals surface area contributed by atoms with Crippen LogP contribution >= 0.6 is 12.2 Å². The van der Waals surface area contributed by atoms with Gasteiger partial charge >= 0.3 is 0 Å². The zero-order valence-corrected chi connectivity index (χ0v) is 8.98. The molecule has 0 radical (unpaired) electrons. The maximum absolute atomic E-state index is 12.1. The number of rotatable bonds is 4. The SMILES string of the molecule is CCOc1ccc(NC(=S)C(F)F)cc1. The van der Waals surface area contributed by atoms with Crippen molar-refractivity contribution in [2.45, 2.75) is 13.3 Å². The molecule has 0 unspecified atom stereocenters. The zero-order valence-electron chi connectivity index (χ0n) is 8.17. The molecule has 0 aromatic heterocycles. The van der Waals surface area contributed by atoms with Crippen molar-refractivity contribution in [1.82, 2.24) is 0 Å². The minimum Gasteiger partial charge on any atom is -0.494 e. The zero-order chi connectivity index (χ0) is 11.3. The van der Waals surface area contributed by atoms with E-state index in [1.165, 1.54) is 0 Å². The van der Waals surface area contributed by atoms with E-state index < -0.39 is 11.4 Å². The van der Waals surface area contributed by atoms with Crippen LogP contribution in [0.4, 0.5) is 14.5 Å². The lowest BCUT2D eigenvalue weighted by Gasteiger charge is -2.08. The molecule has 1 aromatic carbocycles. The fourth-order valence-corrected chi connectivity index (χ4v) is 1.12. The first-order valence-electron chi connectivity index (χ1n) is 4.45. The summed E-state index contributed by atoms with van der Waals surface area (Å²) >= 11 is 4.45. The van der Waals surface area contributed by atoms with Crippen molar-refractivity contribution in [3.8, 4) is 5.75 Å². The Morgan fingerprint density at radius 1 is 1.40 bits per heavy atom. The quantitative estimate of drug-likeness (QED) is 0.804. The highest BCUT2D eigenvalue weighted by Gasteiger charge is 2.09. The van der Waals surface area contributed by atoms with Crippen LogP contribution in [0.5, 0.6) is 5.75 Å². The van der Waals surface area contributed by atoms with E-state index in [1.807, 2.05) is 6.92 Å². The summed E-state index contributed by atoms with van der Waals surface area (Å²) in [6.07, 6.45) is -2.63. The van der Waals surface area contributed by atoms with Gasteiger partial charge in [0.2, 0.25) is 0 Å². The molecule has 0 aliphatic carbocycles. The fourth-order valence-electron chi connectivity index (χ4n) is 0.998. The number of ether oxygens (including phenoxy) is 1. The van der Waals surface area contributed by atoms with E-state index in [-0.39, 0.29) is 0 Å². The smallest absolute Gasteiger partial charge is 0.288 e. The summed E-state index contributed by atoms with van der Waals surface area (Å²) in [5.74, 6) is 0.700. The highest BCUT2D eigenvalue weighted by Crippen LogP contribution is 2.16. The van der Waals surface area contributed by atoms with E-state index >= 15 is 0 Å². The van der Waals surface area contributed by atoms with Crippen molar-refractivity contribution in [1.29, 1.82) is 0 Å². The molecule has 0 aliphatic rings. The number of alkyl halides is 2. The fraction of sp³-hybridized carbons (Fsp3) is 0.300. The van der Waals surface area contributed by atoms with Gasteiger partial charge in [-0.15, -0.1) is 0 Å². The van der Waals surface area contributed by atoms with E-state index in [4.69, 9.17) is 4.74 Å². The summed E-state index contributed by atoms with van der Waals surface area (Å²) in [4.78, 5) is -0.473. The Hall–Kier alpha value is -1.23. The van der Waals surface area contributed by atoms with Gasteiger partial charge in [-0.1, -0.05) is 12.2 Å². The number of anilines is 1. The molecular weight excluding hydrogens is 220 g/mol. The lowest BCUT2D eigenvalue weighted by Crippen LogP contribution is -2.17. The molecule has 0 saturated carbocycles. The van der Waals surface area contributed by atoms with Crippen LogP contribution in [0.3, 0.4) is 0 Å². The lowest BCUT2D eigenvalue weighted by atomic mass is 10.3. The number of hydrogen-bond donors (Lipinski definition) is 1. The second kappa shape index (κ2) is 5.60. The third-order valence-electron chi connectivity index (χ3n) is 1.63. The number of halogens is 2. The minimum absolute atomic E-state index is 0.473. The van der Waals surface area contributed by atoms with E-state index in [2.05, 4.69) is 17.5 Å². The molecule has 1 rings (SSSR count). The Morgan fingerprint density at radius 2 is 2.00 bits per heavy atom. The molecule has 0 spiro atoms. The normalized spacial score (nSPS) is 10.1. The molecule has 0 atom stereocenters. The van der Waals surface area contributed by atoms with Gasteiger partial charge in [0.15, 0.2) is 0 Å². The lowest BCUT2D eigenvalue weighted by molar-refractivity contribution is 0.228. The first kappa shape index (κ1) is 11.8. The average Bonchev–Trinajstić information content (AvgIpc) is 2.21. The molecule has 2 nitrogen and oxygen atoms in total. The van der Waals surface area contributed by atoms with Crippen LogP contribution in [0.2, 0.25) is 0 Å². The Kier molecular flexibility index (Phi) is 4.42. The van der Waals surface area contributed by atoms with Gasteiger partial charge in [-0.3, -0.25) is 0 Å². The van der Waals surface area contributed by atoms with Crippen LogP contribution in [0.25, 0.3) is 0 Å². The minimum atomic E-state index is -2.63. The Labute approximate surface area is 92.2 Å². The maximum atomic E-state index is 12.1. The third kappa shape index (κ3) is 3.79. The van der Waals surface area contributed by atoms with Gasteiger partial charge in [0.25, 0.3) is 6.43 Å². The molecule has 1 N–H and O–H groups in total. The van der Waals surface area contributed by atoms with Crippen molar-refractivity contribution >= 4 is 22.9 Å². The van der Waals surface area contributed by atoms with Crippen LogP contribution in [0.1, 0.15) is 6.92 Å². The maximum Gasteiger partial charge on any atom is 0.288 e. The summed E-state index contributed by atoms with van der Waals surface area (Å²) in [5, 5.41) is 2.44. The van der Waals surface area contributed by atoms with Gasteiger partial charge in [-0.25, -0.2) is 8.78 Å². The predicted octanol–water partition coefficient (Wildman–Crippen LogP) is 3.09. The van der Waals surface area contributed by atoms with Gasteiger partial charge in [-0.2, -0.15) is 0 Å².